The summed E-state index contributed by atoms with van der Waals surface area (Å²) in [6.45, 7) is 10.8. The molecular weight excluding hydrogens is 282 g/mol. The molecule has 0 aromatic heterocycles. The maximum Gasteiger partial charge on any atom is 0.225 e. The standard InChI is InChI=1S/C16H27N3O3/c1-5-17-9-16(8-14(17)21)10-18(13(4)20)6-7-19(11-16)15(22)12(2)3/h12H,5-11H2,1-4H3. The largest absolute Gasteiger partial charge is 0.342 e. The zero-order chi connectivity index (χ0) is 16.5. The number of hydrogen-bond donors (Lipinski definition) is 0. The van der Waals surface area contributed by atoms with E-state index in [4.69, 9.17) is 0 Å². The van der Waals surface area contributed by atoms with Crippen molar-refractivity contribution in [2.75, 3.05) is 39.3 Å². The van der Waals surface area contributed by atoms with Gasteiger partial charge >= 0.3 is 0 Å². The third-order valence-corrected chi connectivity index (χ3v) is 4.73. The molecule has 0 N–H and O–H groups in total. The number of likely N-dealkylation sites (tertiary alicyclic amines) is 1. The van der Waals surface area contributed by atoms with E-state index in [1.165, 1.54) is 0 Å². The molecule has 2 fully saturated rings. The number of hydrogen-bond acceptors (Lipinski definition) is 3. The summed E-state index contributed by atoms with van der Waals surface area (Å²) in [7, 11) is 0. The van der Waals surface area contributed by atoms with Gasteiger partial charge in [-0.3, -0.25) is 14.4 Å². The second-order valence-corrected chi connectivity index (χ2v) is 6.94. The van der Waals surface area contributed by atoms with Gasteiger partial charge in [-0.2, -0.15) is 0 Å². The van der Waals surface area contributed by atoms with Crippen LogP contribution in [0.15, 0.2) is 0 Å². The Morgan fingerprint density at radius 2 is 1.73 bits per heavy atom. The Labute approximate surface area is 132 Å². The summed E-state index contributed by atoms with van der Waals surface area (Å²) in [5.41, 5.74) is -0.320. The smallest absolute Gasteiger partial charge is 0.225 e. The summed E-state index contributed by atoms with van der Waals surface area (Å²) < 4.78 is 0. The highest BCUT2D eigenvalue weighted by Gasteiger charge is 2.47. The Bertz CT molecular complexity index is 477. The van der Waals surface area contributed by atoms with Gasteiger partial charge in [0.1, 0.15) is 0 Å². The van der Waals surface area contributed by atoms with Gasteiger partial charge in [0.2, 0.25) is 17.7 Å². The maximum absolute atomic E-state index is 12.4. The maximum atomic E-state index is 12.4. The van der Waals surface area contributed by atoms with Crippen LogP contribution in [0.4, 0.5) is 0 Å². The number of rotatable bonds is 2. The van der Waals surface area contributed by atoms with Crippen LogP contribution in [-0.4, -0.2) is 71.7 Å². The van der Waals surface area contributed by atoms with Gasteiger partial charge in [-0.25, -0.2) is 0 Å². The fraction of sp³-hybridized carbons (Fsp3) is 0.812. The number of nitrogens with zero attached hydrogens (tertiary/aromatic N) is 3. The van der Waals surface area contributed by atoms with Crippen LogP contribution in [0.1, 0.15) is 34.1 Å². The second-order valence-electron chi connectivity index (χ2n) is 6.94. The lowest BCUT2D eigenvalue weighted by Crippen LogP contribution is -2.45. The van der Waals surface area contributed by atoms with E-state index in [1.807, 2.05) is 30.6 Å². The molecule has 3 amide bonds. The van der Waals surface area contributed by atoms with E-state index >= 15 is 0 Å². The minimum atomic E-state index is -0.320. The van der Waals surface area contributed by atoms with E-state index in [-0.39, 0.29) is 29.1 Å². The van der Waals surface area contributed by atoms with Gasteiger partial charge in [0, 0.05) is 63.9 Å². The summed E-state index contributed by atoms with van der Waals surface area (Å²) in [4.78, 5) is 42.0. The highest BCUT2D eigenvalue weighted by molar-refractivity contribution is 5.81. The lowest BCUT2D eigenvalue weighted by Gasteiger charge is -2.33. The first kappa shape index (κ1) is 16.8. The first-order valence-corrected chi connectivity index (χ1v) is 8.10. The van der Waals surface area contributed by atoms with Crippen molar-refractivity contribution >= 4 is 17.7 Å². The van der Waals surface area contributed by atoms with Gasteiger partial charge < -0.3 is 14.7 Å². The van der Waals surface area contributed by atoms with Gasteiger partial charge in [-0.05, 0) is 6.92 Å². The zero-order valence-corrected chi connectivity index (χ0v) is 14.1. The van der Waals surface area contributed by atoms with Crippen molar-refractivity contribution in [3.8, 4) is 0 Å². The predicted octanol–water partition coefficient (Wildman–Crippen LogP) is 0.572. The fourth-order valence-electron chi connectivity index (χ4n) is 3.56. The van der Waals surface area contributed by atoms with Gasteiger partial charge in [0.25, 0.3) is 0 Å². The average Bonchev–Trinajstić information content (AvgIpc) is 2.64. The van der Waals surface area contributed by atoms with Crippen LogP contribution >= 0.6 is 0 Å². The lowest BCUT2D eigenvalue weighted by molar-refractivity contribution is -0.136. The van der Waals surface area contributed by atoms with Crippen molar-refractivity contribution in [2.45, 2.75) is 34.1 Å². The second kappa shape index (κ2) is 6.26. The summed E-state index contributed by atoms with van der Waals surface area (Å²) in [5, 5.41) is 0. The molecule has 2 aliphatic rings. The molecule has 0 bridgehead atoms. The topological polar surface area (TPSA) is 60.9 Å². The first-order valence-electron chi connectivity index (χ1n) is 8.10. The Hall–Kier alpha value is -1.59. The van der Waals surface area contributed by atoms with Crippen LogP contribution in [0, 0.1) is 11.3 Å². The Kier molecular flexibility index (Phi) is 4.78. The number of amides is 3. The lowest BCUT2D eigenvalue weighted by atomic mass is 9.85. The van der Waals surface area contributed by atoms with Crippen molar-refractivity contribution in [1.82, 2.24) is 14.7 Å². The molecule has 0 saturated carbocycles. The van der Waals surface area contributed by atoms with E-state index in [1.54, 1.807) is 11.8 Å². The third kappa shape index (κ3) is 3.25. The summed E-state index contributed by atoms with van der Waals surface area (Å²) in [5.74, 6) is 0.179. The molecule has 1 atom stereocenters. The van der Waals surface area contributed by atoms with Crippen LogP contribution in [0.2, 0.25) is 0 Å². The minimum absolute atomic E-state index is 0.0145. The zero-order valence-electron chi connectivity index (χ0n) is 14.1. The summed E-state index contributed by atoms with van der Waals surface area (Å²) in [6, 6.07) is 0. The molecule has 6 heteroatoms. The van der Waals surface area contributed by atoms with E-state index in [0.717, 1.165) is 0 Å². The molecular formula is C16H27N3O3. The monoisotopic (exact) mass is 309 g/mol. The summed E-state index contributed by atoms with van der Waals surface area (Å²) in [6.07, 6.45) is 0.423. The highest BCUT2D eigenvalue weighted by atomic mass is 16.2. The van der Waals surface area contributed by atoms with Crippen molar-refractivity contribution in [3.05, 3.63) is 0 Å². The molecule has 1 spiro atoms. The Morgan fingerprint density at radius 1 is 1.14 bits per heavy atom. The van der Waals surface area contributed by atoms with Gasteiger partial charge in [0.15, 0.2) is 0 Å². The molecule has 124 valence electrons. The SMILES string of the molecule is CCN1CC2(CC1=O)CN(C(C)=O)CCN(C(=O)C(C)C)C2. The Morgan fingerprint density at radius 3 is 2.23 bits per heavy atom. The van der Waals surface area contributed by atoms with Gasteiger partial charge in [-0.15, -0.1) is 0 Å². The number of carbonyl (C=O) groups excluding carboxylic acids is 3. The van der Waals surface area contributed by atoms with Crippen LogP contribution in [0.3, 0.4) is 0 Å². The molecule has 0 aromatic carbocycles. The summed E-state index contributed by atoms with van der Waals surface area (Å²) >= 11 is 0. The van der Waals surface area contributed by atoms with Gasteiger partial charge in [-0.1, -0.05) is 13.8 Å². The normalized spacial score (nSPS) is 26.0. The first-order chi connectivity index (χ1) is 10.3. The predicted molar refractivity (Wildman–Crippen MR) is 83.0 cm³/mol. The van der Waals surface area contributed by atoms with Crippen molar-refractivity contribution in [2.24, 2.45) is 11.3 Å². The molecule has 2 aliphatic heterocycles. The quantitative estimate of drug-likeness (QED) is 0.749. The van der Waals surface area contributed by atoms with Gasteiger partial charge in [0.05, 0.1) is 0 Å². The van der Waals surface area contributed by atoms with E-state index < -0.39 is 0 Å². The van der Waals surface area contributed by atoms with E-state index in [9.17, 15) is 14.4 Å². The average molecular weight is 309 g/mol. The van der Waals surface area contributed by atoms with Crippen LogP contribution in [-0.2, 0) is 14.4 Å². The molecule has 0 aromatic rings. The molecule has 0 aliphatic carbocycles. The minimum Gasteiger partial charge on any atom is -0.342 e. The molecule has 2 heterocycles. The van der Waals surface area contributed by atoms with E-state index in [2.05, 4.69) is 0 Å². The molecule has 1 unspecified atom stereocenters. The Balaban J connectivity index is 2.27. The molecule has 0 radical (unpaired) electrons. The third-order valence-electron chi connectivity index (χ3n) is 4.73. The molecule has 2 rings (SSSR count). The van der Waals surface area contributed by atoms with Crippen molar-refractivity contribution in [1.29, 1.82) is 0 Å². The van der Waals surface area contributed by atoms with Crippen LogP contribution in [0.5, 0.6) is 0 Å². The number of carbonyl (C=O) groups is 3. The highest BCUT2D eigenvalue weighted by Crippen LogP contribution is 2.35. The van der Waals surface area contributed by atoms with E-state index in [0.29, 0.717) is 45.7 Å². The molecule has 22 heavy (non-hydrogen) atoms. The molecule has 2 saturated heterocycles. The van der Waals surface area contributed by atoms with Crippen LogP contribution in [0.25, 0.3) is 0 Å². The van der Waals surface area contributed by atoms with Crippen LogP contribution < -0.4 is 0 Å². The van der Waals surface area contributed by atoms with Crippen molar-refractivity contribution in [3.63, 3.8) is 0 Å². The molecule has 6 nitrogen and oxygen atoms in total. The fourth-order valence-corrected chi connectivity index (χ4v) is 3.56. The van der Waals surface area contributed by atoms with Crippen molar-refractivity contribution < 1.29 is 14.4 Å².